The quantitative estimate of drug-likeness (QED) is 0.485. The van der Waals surface area contributed by atoms with E-state index in [1.54, 1.807) is 12.1 Å². The number of hydrogen-bond donors (Lipinski definition) is 2. The smallest absolute Gasteiger partial charge is 0.230 e. The molecule has 0 atom stereocenters. The van der Waals surface area contributed by atoms with Crippen molar-refractivity contribution in [1.82, 2.24) is 20.2 Å². The zero-order valence-electron chi connectivity index (χ0n) is 13.9. The lowest BCUT2D eigenvalue weighted by molar-refractivity contribution is -0.119. The van der Waals surface area contributed by atoms with Crippen LogP contribution in [0.4, 0.5) is 4.39 Å². The van der Waals surface area contributed by atoms with Gasteiger partial charge in [-0.3, -0.25) is 4.79 Å². The first-order chi connectivity index (χ1) is 12.1. The molecule has 1 heterocycles. The van der Waals surface area contributed by atoms with E-state index in [0.29, 0.717) is 16.5 Å². The van der Waals surface area contributed by atoms with Crippen molar-refractivity contribution in [2.24, 2.45) is 0 Å². The molecule has 0 bridgehead atoms. The summed E-state index contributed by atoms with van der Waals surface area (Å²) in [5.74, 6) is 6.21. The summed E-state index contributed by atoms with van der Waals surface area (Å²) < 4.78 is 14.6. The fraction of sp³-hybridized carbons (Fsp3) is 0.471. The van der Waals surface area contributed by atoms with Crippen LogP contribution in [0, 0.1) is 5.82 Å². The molecule has 1 aromatic heterocycles. The van der Waals surface area contributed by atoms with Crippen LogP contribution in [0.15, 0.2) is 29.4 Å². The van der Waals surface area contributed by atoms with Crippen molar-refractivity contribution >= 4 is 17.7 Å². The van der Waals surface area contributed by atoms with Crippen LogP contribution in [0.2, 0.25) is 0 Å². The summed E-state index contributed by atoms with van der Waals surface area (Å²) in [6.07, 6.45) is 6.94. The Labute approximate surface area is 150 Å². The summed E-state index contributed by atoms with van der Waals surface area (Å²) in [7, 11) is 0. The normalized spacial score (nSPS) is 15.7. The standard InChI is InChI=1S/C17H22FN5OS/c18-13-7-5-6-12(10-13)16-21-22-17(23(16)19)25-11-15(24)20-14-8-3-1-2-4-9-14/h5-7,10,14H,1-4,8-9,11,19H2,(H,20,24). The van der Waals surface area contributed by atoms with Crippen LogP contribution in [-0.4, -0.2) is 32.6 Å². The largest absolute Gasteiger partial charge is 0.353 e. The van der Waals surface area contributed by atoms with Crippen molar-refractivity contribution in [3.8, 4) is 11.4 Å². The van der Waals surface area contributed by atoms with Gasteiger partial charge in [-0.05, 0) is 25.0 Å². The molecule has 0 spiro atoms. The first kappa shape index (κ1) is 17.7. The number of benzene rings is 1. The maximum atomic E-state index is 13.3. The number of amides is 1. The third kappa shape index (κ3) is 4.72. The average molecular weight is 363 g/mol. The summed E-state index contributed by atoms with van der Waals surface area (Å²) in [5, 5.41) is 11.5. The molecule has 3 rings (SSSR count). The molecule has 0 radical (unpaired) electrons. The Morgan fingerprint density at radius 1 is 1.28 bits per heavy atom. The van der Waals surface area contributed by atoms with Crippen molar-refractivity contribution in [3.63, 3.8) is 0 Å². The number of aromatic nitrogens is 3. The highest BCUT2D eigenvalue weighted by Gasteiger charge is 2.17. The maximum absolute atomic E-state index is 13.3. The number of thioether (sulfide) groups is 1. The van der Waals surface area contributed by atoms with Crippen LogP contribution < -0.4 is 11.2 Å². The Hall–Kier alpha value is -2.09. The zero-order valence-corrected chi connectivity index (χ0v) is 14.8. The number of nitrogen functional groups attached to an aromatic ring is 1. The molecule has 1 aliphatic rings. The topological polar surface area (TPSA) is 85.8 Å². The van der Waals surface area contributed by atoms with Gasteiger partial charge in [0.05, 0.1) is 5.75 Å². The number of carbonyl (C=O) groups excluding carboxylic acids is 1. The molecule has 1 fully saturated rings. The van der Waals surface area contributed by atoms with Crippen molar-refractivity contribution in [1.29, 1.82) is 0 Å². The molecule has 25 heavy (non-hydrogen) atoms. The number of halogens is 1. The lowest BCUT2D eigenvalue weighted by Gasteiger charge is -2.15. The minimum Gasteiger partial charge on any atom is -0.353 e. The second kappa shape index (κ2) is 8.33. The minimum atomic E-state index is -0.363. The molecule has 1 aromatic carbocycles. The zero-order chi connectivity index (χ0) is 17.6. The van der Waals surface area contributed by atoms with E-state index < -0.39 is 0 Å². The second-order valence-electron chi connectivity index (χ2n) is 6.23. The van der Waals surface area contributed by atoms with Gasteiger partial charge in [0.25, 0.3) is 0 Å². The molecule has 3 N–H and O–H groups in total. The number of nitrogens with two attached hydrogens (primary N) is 1. The van der Waals surface area contributed by atoms with Crippen molar-refractivity contribution in [3.05, 3.63) is 30.1 Å². The first-order valence-corrected chi connectivity index (χ1v) is 9.50. The molecule has 1 saturated carbocycles. The highest BCUT2D eigenvalue weighted by Crippen LogP contribution is 2.22. The number of nitrogens with one attached hydrogen (secondary N) is 1. The van der Waals surface area contributed by atoms with Gasteiger partial charge in [-0.25, -0.2) is 9.07 Å². The average Bonchev–Trinajstić information content (AvgIpc) is 2.79. The van der Waals surface area contributed by atoms with Gasteiger partial charge in [0.15, 0.2) is 5.82 Å². The highest BCUT2D eigenvalue weighted by atomic mass is 32.2. The molecule has 8 heteroatoms. The van der Waals surface area contributed by atoms with Crippen molar-refractivity contribution in [2.75, 3.05) is 11.6 Å². The Bertz CT molecular complexity index is 728. The van der Waals surface area contributed by atoms with Gasteiger partial charge in [-0.15, -0.1) is 10.2 Å². The minimum absolute atomic E-state index is 0.0211. The summed E-state index contributed by atoms with van der Waals surface area (Å²) in [6.45, 7) is 0. The van der Waals surface area contributed by atoms with E-state index in [-0.39, 0.29) is 23.5 Å². The second-order valence-corrected chi connectivity index (χ2v) is 7.17. The van der Waals surface area contributed by atoms with Gasteiger partial charge in [-0.2, -0.15) is 0 Å². The molecule has 0 unspecified atom stereocenters. The first-order valence-electron chi connectivity index (χ1n) is 8.52. The van der Waals surface area contributed by atoms with Gasteiger partial charge in [0.1, 0.15) is 5.82 Å². The Morgan fingerprint density at radius 3 is 2.76 bits per heavy atom. The molecule has 0 aliphatic heterocycles. The fourth-order valence-corrected chi connectivity index (χ4v) is 3.69. The number of hydrogen-bond acceptors (Lipinski definition) is 5. The molecule has 2 aromatic rings. The van der Waals surface area contributed by atoms with E-state index in [4.69, 9.17) is 5.84 Å². The molecule has 1 amide bonds. The van der Waals surface area contributed by atoms with Gasteiger partial charge < -0.3 is 11.2 Å². The van der Waals surface area contributed by atoms with E-state index >= 15 is 0 Å². The maximum Gasteiger partial charge on any atom is 0.230 e. The number of rotatable bonds is 5. The van der Waals surface area contributed by atoms with Crippen LogP contribution >= 0.6 is 11.8 Å². The summed E-state index contributed by atoms with van der Waals surface area (Å²) in [4.78, 5) is 12.1. The third-order valence-corrected chi connectivity index (χ3v) is 5.24. The predicted molar refractivity (Wildman–Crippen MR) is 95.9 cm³/mol. The third-order valence-electron chi connectivity index (χ3n) is 4.30. The Morgan fingerprint density at radius 2 is 2.04 bits per heavy atom. The number of carbonyl (C=O) groups is 1. The number of nitrogens with zero attached hydrogens (tertiary/aromatic N) is 3. The van der Waals surface area contributed by atoms with Crippen LogP contribution in [0.5, 0.6) is 0 Å². The highest BCUT2D eigenvalue weighted by molar-refractivity contribution is 7.99. The SMILES string of the molecule is Nn1c(SCC(=O)NC2CCCCCC2)nnc1-c1cccc(F)c1. The summed E-state index contributed by atoms with van der Waals surface area (Å²) in [5.41, 5.74) is 0.546. The van der Waals surface area contributed by atoms with E-state index in [0.717, 1.165) is 12.8 Å². The molecule has 6 nitrogen and oxygen atoms in total. The van der Waals surface area contributed by atoms with Crippen LogP contribution in [0.3, 0.4) is 0 Å². The molecule has 134 valence electrons. The van der Waals surface area contributed by atoms with E-state index in [1.807, 2.05) is 0 Å². The predicted octanol–water partition coefficient (Wildman–Crippen LogP) is 2.73. The van der Waals surface area contributed by atoms with Crippen LogP contribution in [-0.2, 0) is 4.79 Å². The molecule has 0 saturated heterocycles. The van der Waals surface area contributed by atoms with Gasteiger partial charge in [0.2, 0.25) is 11.1 Å². The lowest BCUT2D eigenvalue weighted by atomic mass is 10.1. The van der Waals surface area contributed by atoms with E-state index in [2.05, 4.69) is 15.5 Å². The lowest BCUT2D eigenvalue weighted by Crippen LogP contribution is -2.35. The molecule has 1 aliphatic carbocycles. The van der Waals surface area contributed by atoms with Crippen LogP contribution in [0.1, 0.15) is 38.5 Å². The van der Waals surface area contributed by atoms with Crippen molar-refractivity contribution in [2.45, 2.75) is 49.7 Å². The van der Waals surface area contributed by atoms with Crippen molar-refractivity contribution < 1.29 is 9.18 Å². The summed E-state index contributed by atoms with van der Waals surface area (Å²) >= 11 is 1.23. The summed E-state index contributed by atoms with van der Waals surface area (Å²) in [6, 6.07) is 6.28. The molecular weight excluding hydrogens is 341 g/mol. The van der Waals surface area contributed by atoms with E-state index in [1.165, 1.54) is 54.3 Å². The monoisotopic (exact) mass is 363 g/mol. The fourth-order valence-electron chi connectivity index (χ4n) is 3.02. The van der Waals surface area contributed by atoms with Gasteiger partial charge in [0, 0.05) is 11.6 Å². The van der Waals surface area contributed by atoms with Gasteiger partial charge >= 0.3 is 0 Å². The van der Waals surface area contributed by atoms with Gasteiger partial charge in [-0.1, -0.05) is 49.6 Å². The Balaban J connectivity index is 1.57. The Kier molecular flexibility index (Phi) is 5.91. The van der Waals surface area contributed by atoms with E-state index in [9.17, 15) is 9.18 Å². The molecular formula is C17H22FN5OS. The van der Waals surface area contributed by atoms with Crippen LogP contribution in [0.25, 0.3) is 11.4 Å².